The number of rotatable bonds is 9. The lowest BCUT2D eigenvalue weighted by molar-refractivity contribution is 0.793. The molecule has 9 aromatic rings. The van der Waals surface area contributed by atoms with Gasteiger partial charge in [-0.25, -0.2) is 0 Å². The number of para-hydroxylation sites is 3. The molecule has 0 radical (unpaired) electrons. The van der Waals surface area contributed by atoms with Crippen LogP contribution < -0.4 is 14.7 Å². The van der Waals surface area contributed by atoms with Crippen LogP contribution in [0.1, 0.15) is 116 Å². The summed E-state index contributed by atoms with van der Waals surface area (Å²) in [5, 5.41) is 0. The molecule has 0 atom stereocenters. The predicted octanol–water partition coefficient (Wildman–Crippen LogP) is 20.7. The molecule has 13 rings (SSSR count). The van der Waals surface area contributed by atoms with E-state index in [4.69, 9.17) is 0 Å². The van der Waals surface area contributed by atoms with E-state index in [1.807, 2.05) is 32.9 Å². The summed E-state index contributed by atoms with van der Waals surface area (Å²) in [6.07, 6.45) is 20.7. The SMILES string of the molecule is C(=C\c1ccc2c(c1)C1(c3ccccc3-c3ccccc31)c1cc(/C=C/c3ccc(N4CCc5ccccc54)cc3)ccc1-2)/c1ccc(N2CCc3ccccc32)cc1.C/C=C\C.C=CC.CCC.CCCc1ccccc1N(C)C. The number of hydrogen-bond donors (Lipinski definition) is 0. The second-order valence-corrected chi connectivity index (χ2v) is 21.4. The van der Waals surface area contributed by atoms with Gasteiger partial charge in [0.2, 0.25) is 0 Å². The van der Waals surface area contributed by atoms with Crippen LogP contribution in [0.4, 0.5) is 28.4 Å². The van der Waals surface area contributed by atoms with E-state index in [0.717, 1.165) is 25.9 Å². The summed E-state index contributed by atoms with van der Waals surface area (Å²) in [7, 11) is 4.18. The van der Waals surface area contributed by atoms with Gasteiger partial charge in [-0.15, -0.1) is 6.58 Å². The van der Waals surface area contributed by atoms with Gasteiger partial charge in [0, 0.05) is 55.6 Å². The monoisotopic (exact) mass is 1060 g/mol. The first-order valence-corrected chi connectivity index (χ1v) is 29.4. The molecule has 0 saturated carbocycles. The van der Waals surface area contributed by atoms with Crippen molar-refractivity contribution < 1.29 is 0 Å². The highest BCUT2D eigenvalue weighted by Crippen LogP contribution is 2.63. The molecule has 0 aromatic heterocycles. The minimum absolute atomic E-state index is 0.410. The number of hydrogen-bond acceptors (Lipinski definition) is 3. The van der Waals surface area contributed by atoms with Gasteiger partial charge in [-0.2, -0.15) is 0 Å². The lowest BCUT2D eigenvalue weighted by Crippen LogP contribution is -2.26. The molecule has 0 N–H and O–H groups in total. The van der Waals surface area contributed by atoms with Crippen molar-refractivity contribution in [3.05, 3.63) is 292 Å². The standard InChI is InChI=1S/C57H42N2.C11H17N.C4H8.C3H8.C3H6/c1-7-15-55-43(9-1)33-35-58(55)45-27-21-39(22-28-45)17-19-41-25-31-49-50-32-26-42(20-18-40-23-29-46(30-24-40)59-36-34-44-10-2-8-16-56(44)59)38-54(50)57(53(49)37-41)51-13-5-3-11-47(51)48-12-4-6-14-52(48)57;1-4-7-10-8-5-6-9-11(10)12(2)3;1-3-4-2;2*1-3-2/h1-32,37-38H,33-36H2;5-6,8-9H,4,7H2,1-3H3;3-4H,1-2H3;3H2,1-2H3;3H,1H2,2H3/b19-17+,20-18+;;4-3-;;. The van der Waals surface area contributed by atoms with E-state index in [1.165, 1.54) is 131 Å². The van der Waals surface area contributed by atoms with Gasteiger partial charge < -0.3 is 14.7 Å². The van der Waals surface area contributed by atoms with Crippen molar-refractivity contribution in [3.8, 4) is 22.3 Å². The minimum atomic E-state index is -0.410. The van der Waals surface area contributed by atoms with Crippen LogP contribution in [0, 0.1) is 0 Å². The summed E-state index contributed by atoms with van der Waals surface area (Å²) >= 11 is 0. The molecule has 2 heterocycles. The van der Waals surface area contributed by atoms with Crippen LogP contribution in [0.2, 0.25) is 0 Å². The molecule has 3 nitrogen and oxygen atoms in total. The van der Waals surface area contributed by atoms with E-state index in [9.17, 15) is 0 Å². The smallest absolute Gasteiger partial charge is 0.0725 e. The topological polar surface area (TPSA) is 9.72 Å². The van der Waals surface area contributed by atoms with Gasteiger partial charge in [0.1, 0.15) is 0 Å². The summed E-state index contributed by atoms with van der Waals surface area (Å²) in [5.74, 6) is 0. The number of fused-ring (bicyclic) bond motifs is 12. The Balaban J connectivity index is 0.000000307. The number of anilines is 5. The van der Waals surface area contributed by atoms with Crippen molar-refractivity contribution in [3.63, 3.8) is 0 Å². The summed E-state index contributed by atoms with van der Waals surface area (Å²) in [6.45, 7) is 17.8. The Hall–Kier alpha value is -8.66. The van der Waals surface area contributed by atoms with Crippen molar-refractivity contribution in [1.29, 1.82) is 0 Å². The number of allylic oxidation sites excluding steroid dienone is 3. The maximum Gasteiger partial charge on any atom is 0.0725 e. The van der Waals surface area contributed by atoms with Crippen molar-refractivity contribution in [2.24, 2.45) is 0 Å². The average Bonchev–Trinajstić information content (AvgIpc) is 3.35. The Bertz CT molecular complexity index is 3440. The first-order chi connectivity index (χ1) is 39.7. The highest BCUT2D eigenvalue weighted by Gasteiger charge is 2.51. The first-order valence-electron chi connectivity index (χ1n) is 29.4. The number of benzene rings is 9. The van der Waals surface area contributed by atoms with E-state index >= 15 is 0 Å². The van der Waals surface area contributed by atoms with Crippen molar-refractivity contribution in [2.45, 2.75) is 79.1 Å². The molecule has 408 valence electrons. The molecule has 2 aliphatic carbocycles. The molecule has 0 saturated heterocycles. The molecule has 81 heavy (non-hydrogen) atoms. The van der Waals surface area contributed by atoms with Crippen LogP contribution in [-0.4, -0.2) is 27.2 Å². The van der Waals surface area contributed by atoms with Crippen LogP contribution >= 0.6 is 0 Å². The van der Waals surface area contributed by atoms with E-state index in [0.29, 0.717) is 0 Å². The average molecular weight is 1060 g/mol. The molecule has 3 heteroatoms. The summed E-state index contributed by atoms with van der Waals surface area (Å²) < 4.78 is 0. The fraction of sp³-hybridized carbons (Fsp3) is 0.205. The zero-order valence-corrected chi connectivity index (χ0v) is 49.2. The molecule has 0 amide bonds. The van der Waals surface area contributed by atoms with Gasteiger partial charge in [-0.3, -0.25) is 0 Å². The van der Waals surface area contributed by atoms with E-state index in [-0.39, 0.29) is 0 Å². The van der Waals surface area contributed by atoms with Gasteiger partial charge in [0.25, 0.3) is 0 Å². The highest BCUT2D eigenvalue weighted by atomic mass is 15.2. The van der Waals surface area contributed by atoms with Crippen LogP contribution in [0.3, 0.4) is 0 Å². The summed E-state index contributed by atoms with van der Waals surface area (Å²) in [5.41, 5.74) is 25.9. The zero-order chi connectivity index (χ0) is 56.7. The molecule has 9 aromatic carbocycles. The maximum atomic E-state index is 3.36. The fourth-order valence-corrected chi connectivity index (χ4v) is 11.9. The predicted molar refractivity (Wildman–Crippen MR) is 355 cm³/mol. The molecule has 1 spiro atoms. The largest absolute Gasteiger partial charge is 0.377 e. The first kappa shape index (κ1) is 57.0. The van der Waals surface area contributed by atoms with Gasteiger partial charge in [0.15, 0.2) is 0 Å². The zero-order valence-electron chi connectivity index (χ0n) is 49.2. The van der Waals surface area contributed by atoms with Gasteiger partial charge in [-0.1, -0.05) is 228 Å². The third kappa shape index (κ3) is 12.1. The van der Waals surface area contributed by atoms with Gasteiger partial charge >= 0.3 is 0 Å². The van der Waals surface area contributed by atoms with Crippen molar-refractivity contribution >= 4 is 52.7 Å². The fourth-order valence-electron chi connectivity index (χ4n) is 11.9. The molecule has 4 aliphatic rings. The normalized spacial score (nSPS) is 13.3. The number of aryl methyl sites for hydroxylation is 1. The Morgan fingerprint density at radius 3 is 1.25 bits per heavy atom. The Kier molecular flexibility index (Phi) is 19.0. The van der Waals surface area contributed by atoms with Crippen LogP contribution in [0.5, 0.6) is 0 Å². The van der Waals surface area contributed by atoms with Crippen LogP contribution in [0.25, 0.3) is 46.6 Å². The second-order valence-electron chi connectivity index (χ2n) is 21.4. The number of nitrogens with zero attached hydrogens (tertiary/aromatic N) is 3. The second kappa shape index (κ2) is 27.0. The molecule has 0 unspecified atom stereocenters. The summed E-state index contributed by atoms with van der Waals surface area (Å²) in [6, 6.07) is 76.5. The lowest BCUT2D eigenvalue weighted by atomic mass is 9.70. The molecule has 2 aliphatic heterocycles. The third-order valence-corrected chi connectivity index (χ3v) is 15.6. The Morgan fingerprint density at radius 1 is 0.444 bits per heavy atom. The Morgan fingerprint density at radius 2 is 0.815 bits per heavy atom. The minimum Gasteiger partial charge on any atom is -0.377 e. The van der Waals surface area contributed by atoms with Crippen molar-refractivity contribution in [1.82, 2.24) is 0 Å². The van der Waals surface area contributed by atoms with E-state index < -0.39 is 5.41 Å². The molecule has 0 fully saturated rings. The Labute approximate surface area is 485 Å². The molecular weight excluding hydrogens is 979 g/mol. The highest BCUT2D eigenvalue weighted by molar-refractivity contribution is 5.96. The lowest BCUT2D eigenvalue weighted by Gasteiger charge is -2.30. The quantitative estimate of drug-likeness (QED) is 0.105. The van der Waals surface area contributed by atoms with Gasteiger partial charge in [-0.05, 0) is 178 Å². The van der Waals surface area contributed by atoms with Crippen molar-refractivity contribution in [2.75, 3.05) is 41.9 Å². The summed E-state index contributed by atoms with van der Waals surface area (Å²) in [4.78, 5) is 7.04. The molecule has 0 bridgehead atoms. The van der Waals surface area contributed by atoms with E-state index in [1.54, 1.807) is 6.08 Å². The maximum absolute atomic E-state index is 3.36. The third-order valence-electron chi connectivity index (χ3n) is 15.6. The molecular formula is C78H81N3. The van der Waals surface area contributed by atoms with Crippen LogP contribution in [0.15, 0.2) is 231 Å². The van der Waals surface area contributed by atoms with E-state index in [2.05, 4.69) is 287 Å². The van der Waals surface area contributed by atoms with Crippen LogP contribution in [-0.2, 0) is 24.7 Å². The van der Waals surface area contributed by atoms with Gasteiger partial charge in [0.05, 0.1) is 5.41 Å².